The van der Waals surface area contributed by atoms with Gasteiger partial charge in [-0.1, -0.05) is 26.3 Å². The van der Waals surface area contributed by atoms with E-state index in [1.165, 1.54) is 44.5 Å². The summed E-state index contributed by atoms with van der Waals surface area (Å²) in [4.78, 5) is 9.71. The van der Waals surface area contributed by atoms with Gasteiger partial charge in [0.2, 0.25) is 0 Å². The van der Waals surface area contributed by atoms with Crippen LogP contribution in [0.25, 0.3) is 0 Å². The second-order valence-corrected chi connectivity index (χ2v) is 6.75. The van der Waals surface area contributed by atoms with Gasteiger partial charge in [-0.3, -0.25) is 14.8 Å². The summed E-state index contributed by atoms with van der Waals surface area (Å²) in [5.74, 6) is 0.717. The zero-order valence-corrected chi connectivity index (χ0v) is 12.8. The Kier molecular flexibility index (Phi) is 4.37. The van der Waals surface area contributed by atoms with Crippen LogP contribution in [0, 0.1) is 5.92 Å². The Hall–Kier alpha value is -0.930. The summed E-state index contributed by atoms with van der Waals surface area (Å²) < 4.78 is 0. The summed E-state index contributed by atoms with van der Waals surface area (Å²) in [7, 11) is 0. The van der Waals surface area contributed by atoms with Gasteiger partial charge in [-0.05, 0) is 36.9 Å². The lowest BCUT2D eigenvalue weighted by atomic mass is 9.92. The number of aromatic nitrogens is 1. The minimum atomic E-state index is 0.685. The van der Waals surface area contributed by atoms with Crippen LogP contribution in [-0.4, -0.2) is 46.5 Å². The fourth-order valence-corrected chi connectivity index (χ4v) is 3.81. The molecule has 2 aliphatic heterocycles. The van der Waals surface area contributed by atoms with Gasteiger partial charge in [0.15, 0.2) is 0 Å². The van der Waals surface area contributed by atoms with Crippen LogP contribution in [-0.2, 0) is 6.54 Å². The van der Waals surface area contributed by atoms with Gasteiger partial charge in [0.1, 0.15) is 0 Å². The molecule has 3 nitrogen and oxygen atoms in total. The van der Waals surface area contributed by atoms with E-state index in [4.69, 9.17) is 0 Å². The third kappa shape index (κ3) is 3.04. The van der Waals surface area contributed by atoms with E-state index in [2.05, 4.69) is 40.8 Å². The molecular weight excluding hydrogens is 246 g/mol. The van der Waals surface area contributed by atoms with E-state index in [0.717, 1.165) is 18.5 Å². The summed E-state index contributed by atoms with van der Waals surface area (Å²) in [6, 6.07) is 5.73. The van der Waals surface area contributed by atoms with Crippen molar-refractivity contribution < 1.29 is 0 Å². The normalized spacial score (nSPS) is 28.6. The Bertz CT molecular complexity index is 418. The van der Waals surface area contributed by atoms with Gasteiger partial charge in [-0.25, -0.2) is 0 Å². The second kappa shape index (κ2) is 6.23. The molecule has 0 N–H and O–H groups in total. The third-order valence-corrected chi connectivity index (χ3v) is 4.96. The average Bonchev–Trinajstić information content (AvgIpc) is 2.47. The molecule has 2 saturated heterocycles. The fraction of sp³-hybridized carbons (Fsp3) is 0.706. The molecule has 2 aliphatic rings. The Morgan fingerprint density at radius 3 is 2.95 bits per heavy atom. The molecular formula is C17H27N3. The van der Waals surface area contributed by atoms with Crippen molar-refractivity contribution >= 4 is 0 Å². The van der Waals surface area contributed by atoms with E-state index in [0.29, 0.717) is 6.04 Å². The van der Waals surface area contributed by atoms with Crippen LogP contribution in [0.15, 0.2) is 24.5 Å². The zero-order valence-electron chi connectivity index (χ0n) is 12.8. The van der Waals surface area contributed by atoms with Crippen molar-refractivity contribution in [1.29, 1.82) is 0 Å². The molecule has 0 saturated carbocycles. The standard InChI is InChI=1S/C17H27N3/c1-14(2)17-13-19-9-4-3-7-16(19)12-20(17)11-15-6-5-8-18-10-15/h5-6,8,10,14,16-17H,3-4,7,9,11-13H2,1-2H3. The van der Waals surface area contributed by atoms with Crippen LogP contribution in [0.5, 0.6) is 0 Å². The van der Waals surface area contributed by atoms with Gasteiger partial charge in [0.25, 0.3) is 0 Å². The van der Waals surface area contributed by atoms with Crippen molar-refractivity contribution in [3.05, 3.63) is 30.1 Å². The molecule has 110 valence electrons. The molecule has 0 radical (unpaired) electrons. The van der Waals surface area contributed by atoms with Crippen LogP contribution in [0.4, 0.5) is 0 Å². The number of hydrogen-bond acceptors (Lipinski definition) is 3. The van der Waals surface area contributed by atoms with Crippen LogP contribution < -0.4 is 0 Å². The number of nitrogens with zero attached hydrogens (tertiary/aromatic N) is 3. The Balaban J connectivity index is 1.72. The van der Waals surface area contributed by atoms with Crippen LogP contribution in [0.3, 0.4) is 0 Å². The molecule has 2 unspecified atom stereocenters. The maximum atomic E-state index is 4.26. The lowest BCUT2D eigenvalue weighted by Gasteiger charge is -2.49. The highest BCUT2D eigenvalue weighted by Gasteiger charge is 2.35. The molecule has 0 spiro atoms. The number of fused-ring (bicyclic) bond motifs is 1. The predicted octanol–water partition coefficient (Wildman–Crippen LogP) is 2.78. The summed E-state index contributed by atoms with van der Waals surface area (Å²) in [5.41, 5.74) is 1.35. The first-order valence-electron chi connectivity index (χ1n) is 8.11. The van der Waals surface area contributed by atoms with Crippen molar-refractivity contribution in [2.24, 2.45) is 5.92 Å². The first kappa shape index (κ1) is 14.0. The smallest absolute Gasteiger partial charge is 0.0312 e. The second-order valence-electron chi connectivity index (χ2n) is 6.75. The molecule has 0 aliphatic carbocycles. The van der Waals surface area contributed by atoms with Gasteiger partial charge in [0, 0.05) is 44.1 Å². The third-order valence-electron chi connectivity index (χ3n) is 4.96. The SMILES string of the molecule is CC(C)C1CN2CCCCC2CN1Cc1cccnc1. The molecule has 3 rings (SSSR count). The van der Waals surface area contributed by atoms with Crippen LogP contribution in [0.2, 0.25) is 0 Å². The van der Waals surface area contributed by atoms with E-state index in [9.17, 15) is 0 Å². The van der Waals surface area contributed by atoms with E-state index in [1.807, 2.05) is 12.4 Å². The molecule has 3 heteroatoms. The van der Waals surface area contributed by atoms with Crippen molar-refractivity contribution in [1.82, 2.24) is 14.8 Å². The van der Waals surface area contributed by atoms with Gasteiger partial charge < -0.3 is 0 Å². The first-order chi connectivity index (χ1) is 9.74. The molecule has 0 amide bonds. The summed E-state index contributed by atoms with van der Waals surface area (Å²) in [6.07, 6.45) is 8.07. The topological polar surface area (TPSA) is 19.4 Å². The van der Waals surface area contributed by atoms with E-state index in [1.54, 1.807) is 0 Å². The van der Waals surface area contributed by atoms with Crippen LogP contribution >= 0.6 is 0 Å². The minimum absolute atomic E-state index is 0.685. The summed E-state index contributed by atoms with van der Waals surface area (Å²) in [5, 5.41) is 0. The van der Waals surface area contributed by atoms with Crippen LogP contribution in [0.1, 0.15) is 38.7 Å². The highest BCUT2D eigenvalue weighted by atomic mass is 15.3. The van der Waals surface area contributed by atoms with Crippen molar-refractivity contribution in [2.45, 2.75) is 51.7 Å². The number of pyridine rings is 1. The molecule has 0 bridgehead atoms. The number of piperidine rings is 1. The molecule has 2 atom stereocenters. The largest absolute Gasteiger partial charge is 0.298 e. The minimum Gasteiger partial charge on any atom is -0.298 e. The summed E-state index contributed by atoms with van der Waals surface area (Å²) in [6.45, 7) is 9.59. The molecule has 2 fully saturated rings. The van der Waals surface area contributed by atoms with E-state index < -0.39 is 0 Å². The van der Waals surface area contributed by atoms with Gasteiger partial charge in [0.05, 0.1) is 0 Å². The zero-order chi connectivity index (χ0) is 13.9. The molecule has 20 heavy (non-hydrogen) atoms. The van der Waals surface area contributed by atoms with Gasteiger partial charge in [-0.2, -0.15) is 0 Å². The molecule has 1 aromatic heterocycles. The van der Waals surface area contributed by atoms with Crippen molar-refractivity contribution in [3.8, 4) is 0 Å². The number of piperazine rings is 1. The highest BCUT2D eigenvalue weighted by molar-refractivity contribution is 5.09. The average molecular weight is 273 g/mol. The highest BCUT2D eigenvalue weighted by Crippen LogP contribution is 2.28. The lowest BCUT2D eigenvalue weighted by molar-refractivity contribution is -0.0118. The van der Waals surface area contributed by atoms with E-state index in [-0.39, 0.29) is 0 Å². The molecule has 0 aromatic carbocycles. The molecule has 3 heterocycles. The molecule has 1 aromatic rings. The Labute approximate surface area is 123 Å². The Morgan fingerprint density at radius 1 is 1.30 bits per heavy atom. The van der Waals surface area contributed by atoms with Crippen molar-refractivity contribution in [3.63, 3.8) is 0 Å². The fourth-order valence-electron chi connectivity index (χ4n) is 3.81. The first-order valence-corrected chi connectivity index (χ1v) is 8.11. The van der Waals surface area contributed by atoms with E-state index >= 15 is 0 Å². The van der Waals surface area contributed by atoms with Crippen molar-refractivity contribution in [2.75, 3.05) is 19.6 Å². The lowest BCUT2D eigenvalue weighted by Crippen LogP contribution is -2.60. The number of rotatable bonds is 3. The maximum Gasteiger partial charge on any atom is 0.0312 e. The summed E-state index contributed by atoms with van der Waals surface area (Å²) >= 11 is 0. The number of hydrogen-bond donors (Lipinski definition) is 0. The quantitative estimate of drug-likeness (QED) is 0.844. The predicted molar refractivity (Wildman–Crippen MR) is 82.5 cm³/mol. The monoisotopic (exact) mass is 273 g/mol. The van der Waals surface area contributed by atoms with Gasteiger partial charge in [-0.15, -0.1) is 0 Å². The Morgan fingerprint density at radius 2 is 2.20 bits per heavy atom. The van der Waals surface area contributed by atoms with Gasteiger partial charge >= 0.3 is 0 Å². The maximum absolute atomic E-state index is 4.26.